The minimum atomic E-state index is -1.05. The first-order valence-electron chi connectivity index (χ1n) is 11.8. The molecule has 1 aliphatic rings. The number of hydrogen-bond donors (Lipinski definition) is 0. The highest BCUT2D eigenvalue weighted by molar-refractivity contribution is 6.00. The minimum Gasteiger partial charge on any atom is -0.493 e. The van der Waals surface area contributed by atoms with Crippen molar-refractivity contribution >= 4 is 24.0 Å². The summed E-state index contributed by atoms with van der Waals surface area (Å²) < 4.78 is 21.5. The van der Waals surface area contributed by atoms with Crippen molar-refractivity contribution in [2.24, 2.45) is 5.92 Å². The van der Waals surface area contributed by atoms with Crippen LogP contribution >= 0.6 is 0 Å². The second-order valence-corrected chi connectivity index (χ2v) is 9.48. The van der Waals surface area contributed by atoms with Crippen LogP contribution in [0.15, 0.2) is 54.6 Å². The molecule has 1 aliphatic heterocycles. The smallest absolute Gasteiger partial charge is 0.417 e. The molecule has 0 N–H and O–H groups in total. The molecule has 1 heterocycles. The van der Waals surface area contributed by atoms with Crippen LogP contribution in [0, 0.1) is 5.92 Å². The Morgan fingerprint density at radius 3 is 2.36 bits per heavy atom. The molecule has 0 aliphatic carbocycles. The Balaban J connectivity index is 1.73. The number of carbonyl (C=O) groups excluding carboxylic acids is 3. The van der Waals surface area contributed by atoms with E-state index in [1.54, 1.807) is 41.1 Å². The molecule has 8 heteroatoms. The Morgan fingerprint density at radius 1 is 1.03 bits per heavy atom. The summed E-state index contributed by atoms with van der Waals surface area (Å²) in [5, 5.41) is 0. The summed E-state index contributed by atoms with van der Waals surface area (Å²) >= 11 is 0. The number of methoxy groups -OCH3 is 2. The van der Waals surface area contributed by atoms with Gasteiger partial charge in [-0.25, -0.2) is 14.5 Å². The normalized spacial score (nSPS) is 17.8. The SMILES string of the molecule is COc1ccc(/C=C/C[C@@H]2C[C@@H](C(=O)OCc3ccccc3)N(C(=O)OC(C)(C)C)C2=O)cc1OC. The molecule has 0 saturated carbocycles. The van der Waals surface area contributed by atoms with Crippen molar-refractivity contribution in [3.05, 3.63) is 65.7 Å². The molecule has 8 nitrogen and oxygen atoms in total. The van der Waals surface area contributed by atoms with Gasteiger partial charge in [0.25, 0.3) is 0 Å². The molecule has 2 atom stereocenters. The molecule has 3 rings (SSSR count). The Bertz CT molecular complexity index is 1100. The van der Waals surface area contributed by atoms with Crippen LogP contribution in [-0.4, -0.2) is 48.7 Å². The van der Waals surface area contributed by atoms with Gasteiger partial charge in [-0.1, -0.05) is 48.6 Å². The number of esters is 1. The van der Waals surface area contributed by atoms with Gasteiger partial charge in [0.2, 0.25) is 5.91 Å². The number of imide groups is 1. The predicted molar refractivity (Wildman–Crippen MR) is 134 cm³/mol. The predicted octanol–water partition coefficient (Wildman–Crippen LogP) is 5.00. The van der Waals surface area contributed by atoms with Gasteiger partial charge in [-0.05, 0) is 56.9 Å². The molecule has 1 fully saturated rings. The molecule has 192 valence electrons. The first-order valence-corrected chi connectivity index (χ1v) is 11.8. The maximum atomic E-state index is 13.2. The van der Waals surface area contributed by atoms with Crippen LogP contribution in [-0.2, 0) is 25.7 Å². The van der Waals surface area contributed by atoms with Crippen LogP contribution in [0.1, 0.15) is 44.7 Å². The molecular formula is C28H33NO7. The fourth-order valence-electron chi connectivity index (χ4n) is 3.90. The van der Waals surface area contributed by atoms with E-state index in [1.165, 1.54) is 0 Å². The number of hydrogen-bond acceptors (Lipinski definition) is 7. The monoisotopic (exact) mass is 495 g/mol. The van der Waals surface area contributed by atoms with Crippen molar-refractivity contribution < 1.29 is 33.3 Å². The molecule has 0 aromatic heterocycles. The van der Waals surface area contributed by atoms with Gasteiger partial charge in [0, 0.05) is 5.92 Å². The highest BCUT2D eigenvalue weighted by Gasteiger charge is 2.48. The van der Waals surface area contributed by atoms with E-state index < -0.39 is 35.5 Å². The van der Waals surface area contributed by atoms with Crippen molar-refractivity contribution in [1.82, 2.24) is 4.90 Å². The van der Waals surface area contributed by atoms with Crippen molar-refractivity contribution in [1.29, 1.82) is 0 Å². The summed E-state index contributed by atoms with van der Waals surface area (Å²) in [6.07, 6.45) is 3.35. The van der Waals surface area contributed by atoms with E-state index in [2.05, 4.69) is 0 Å². The Morgan fingerprint density at radius 2 is 1.72 bits per heavy atom. The maximum absolute atomic E-state index is 13.2. The van der Waals surface area contributed by atoms with E-state index in [4.69, 9.17) is 18.9 Å². The van der Waals surface area contributed by atoms with Gasteiger partial charge in [-0.15, -0.1) is 0 Å². The molecule has 36 heavy (non-hydrogen) atoms. The number of rotatable bonds is 8. The zero-order valence-corrected chi connectivity index (χ0v) is 21.4. The standard InChI is InChI=1S/C28H33NO7/c1-28(2,3)36-27(32)29-22(26(31)35-18-20-10-7-6-8-11-20)17-21(25(29)30)13-9-12-19-14-15-23(33-4)24(16-19)34-5/h6-12,14-16,21-22H,13,17-18H2,1-5H3/b12-9+/t21-,22+/m1/s1. The molecule has 2 aromatic rings. The second-order valence-electron chi connectivity index (χ2n) is 9.48. The Hall–Kier alpha value is -3.81. The summed E-state index contributed by atoms with van der Waals surface area (Å²) in [6.45, 7) is 5.17. The van der Waals surface area contributed by atoms with Gasteiger partial charge in [0.15, 0.2) is 11.5 Å². The van der Waals surface area contributed by atoms with Crippen LogP contribution in [0.2, 0.25) is 0 Å². The van der Waals surface area contributed by atoms with Crippen LogP contribution < -0.4 is 9.47 Å². The lowest BCUT2D eigenvalue weighted by Gasteiger charge is -2.26. The minimum absolute atomic E-state index is 0.0520. The quantitative estimate of drug-likeness (QED) is 0.476. The number of allylic oxidation sites excluding steroid dienone is 1. The van der Waals surface area contributed by atoms with Crippen molar-refractivity contribution in [3.63, 3.8) is 0 Å². The zero-order valence-electron chi connectivity index (χ0n) is 21.4. The van der Waals surface area contributed by atoms with Gasteiger partial charge < -0.3 is 18.9 Å². The highest BCUT2D eigenvalue weighted by atomic mass is 16.6. The van der Waals surface area contributed by atoms with E-state index in [9.17, 15) is 14.4 Å². The lowest BCUT2D eigenvalue weighted by atomic mass is 10.0. The summed E-state index contributed by atoms with van der Waals surface area (Å²) in [5.41, 5.74) is 0.857. The summed E-state index contributed by atoms with van der Waals surface area (Å²) in [4.78, 5) is 39.9. The molecule has 0 radical (unpaired) electrons. The van der Waals surface area contributed by atoms with Gasteiger partial charge in [-0.2, -0.15) is 0 Å². The molecule has 0 unspecified atom stereocenters. The van der Waals surface area contributed by atoms with E-state index >= 15 is 0 Å². The summed E-state index contributed by atoms with van der Waals surface area (Å²) in [7, 11) is 3.13. The van der Waals surface area contributed by atoms with E-state index in [0.29, 0.717) is 17.9 Å². The maximum Gasteiger partial charge on any atom is 0.417 e. The Kier molecular flexibility index (Phi) is 8.74. The van der Waals surface area contributed by atoms with Crippen molar-refractivity contribution in [2.45, 2.75) is 51.9 Å². The fourth-order valence-corrected chi connectivity index (χ4v) is 3.90. The van der Waals surface area contributed by atoms with Crippen molar-refractivity contribution in [3.8, 4) is 11.5 Å². The first kappa shape index (κ1) is 26.8. The highest BCUT2D eigenvalue weighted by Crippen LogP contribution is 2.32. The molecule has 2 aromatic carbocycles. The van der Waals surface area contributed by atoms with E-state index in [-0.39, 0.29) is 13.0 Å². The fraction of sp³-hybridized carbons (Fsp3) is 0.393. The van der Waals surface area contributed by atoms with E-state index in [0.717, 1.165) is 16.0 Å². The molecule has 1 saturated heterocycles. The van der Waals surface area contributed by atoms with E-state index in [1.807, 2.05) is 54.6 Å². The number of ether oxygens (including phenoxy) is 4. The Labute approximate surface area is 211 Å². The number of nitrogens with zero attached hydrogens (tertiary/aromatic N) is 1. The van der Waals surface area contributed by atoms with Gasteiger partial charge in [-0.3, -0.25) is 4.79 Å². The summed E-state index contributed by atoms with van der Waals surface area (Å²) in [6, 6.07) is 13.7. The largest absolute Gasteiger partial charge is 0.493 e. The molecule has 2 amide bonds. The topological polar surface area (TPSA) is 91.4 Å². The third kappa shape index (κ3) is 6.87. The average molecular weight is 496 g/mol. The first-order chi connectivity index (χ1) is 17.1. The summed E-state index contributed by atoms with van der Waals surface area (Å²) in [5.74, 6) is -0.449. The third-order valence-electron chi connectivity index (χ3n) is 5.63. The molecule has 0 spiro atoms. The van der Waals surface area contributed by atoms with Gasteiger partial charge >= 0.3 is 12.1 Å². The van der Waals surface area contributed by atoms with Gasteiger partial charge in [0.1, 0.15) is 18.2 Å². The average Bonchev–Trinajstić information content (AvgIpc) is 3.18. The van der Waals surface area contributed by atoms with Crippen LogP contribution in [0.5, 0.6) is 11.5 Å². The lowest BCUT2D eigenvalue weighted by Crippen LogP contribution is -2.46. The number of likely N-dealkylation sites (tertiary alicyclic amines) is 1. The number of benzene rings is 2. The zero-order chi connectivity index (χ0) is 26.3. The van der Waals surface area contributed by atoms with Crippen LogP contribution in [0.25, 0.3) is 6.08 Å². The second kappa shape index (κ2) is 11.7. The molecule has 0 bridgehead atoms. The van der Waals surface area contributed by atoms with Crippen LogP contribution in [0.4, 0.5) is 4.79 Å². The molecular weight excluding hydrogens is 462 g/mol. The van der Waals surface area contributed by atoms with Crippen molar-refractivity contribution in [2.75, 3.05) is 14.2 Å². The number of amides is 2. The van der Waals surface area contributed by atoms with Crippen LogP contribution in [0.3, 0.4) is 0 Å². The lowest BCUT2D eigenvalue weighted by molar-refractivity contribution is -0.152. The third-order valence-corrected chi connectivity index (χ3v) is 5.63. The number of carbonyl (C=O) groups is 3. The van der Waals surface area contributed by atoms with Gasteiger partial charge in [0.05, 0.1) is 14.2 Å².